The molecule has 0 radical (unpaired) electrons. The summed E-state index contributed by atoms with van der Waals surface area (Å²) >= 11 is 5.40. The minimum atomic E-state index is 0.715. The maximum Gasteiger partial charge on any atom is 0.0590 e. The minimum absolute atomic E-state index is 0.715. The molecule has 54 valence electrons. The summed E-state index contributed by atoms with van der Waals surface area (Å²) in [4.78, 5) is 0. The Morgan fingerprint density at radius 1 is 1.20 bits per heavy atom. The van der Waals surface area contributed by atoms with Crippen LogP contribution in [-0.4, -0.2) is 0 Å². The Kier molecular flexibility index (Phi) is 2.40. The number of hydrogen-bond donors (Lipinski definition) is 2. The molecule has 1 aromatic carbocycles. The SMILES string of the molecule is Nc1cc(Br)cc(N)c1I. The third-order valence-corrected chi connectivity index (χ3v) is 2.80. The summed E-state index contributed by atoms with van der Waals surface area (Å²) in [5.41, 5.74) is 12.6. The van der Waals surface area contributed by atoms with Gasteiger partial charge in [0.2, 0.25) is 0 Å². The average molecular weight is 313 g/mol. The van der Waals surface area contributed by atoms with E-state index in [0.717, 1.165) is 8.04 Å². The van der Waals surface area contributed by atoms with Gasteiger partial charge in [-0.25, -0.2) is 0 Å². The maximum atomic E-state index is 5.60. The number of anilines is 2. The largest absolute Gasteiger partial charge is 0.398 e. The highest BCUT2D eigenvalue weighted by atomic mass is 127. The molecule has 2 nitrogen and oxygen atoms in total. The van der Waals surface area contributed by atoms with Gasteiger partial charge in [-0.15, -0.1) is 0 Å². The number of halogens is 2. The first-order valence-corrected chi connectivity index (χ1v) is 4.48. The Morgan fingerprint density at radius 3 is 2.00 bits per heavy atom. The van der Waals surface area contributed by atoms with Crippen molar-refractivity contribution in [2.45, 2.75) is 0 Å². The second kappa shape index (κ2) is 2.96. The number of benzene rings is 1. The van der Waals surface area contributed by atoms with E-state index in [-0.39, 0.29) is 0 Å². The molecule has 1 aromatic rings. The van der Waals surface area contributed by atoms with Crippen LogP contribution in [0.25, 0.3) is 0 Å². The summed E-state index contributed by atoms with van der Waals surface area (Å²) in [7, 11) is 0. The molecule has 0 fully saturated rings. The van der Waals surface area contributed by atoms with Gasteiger partial charge >= 0.3 is 0 Å². The van der Waals surface area contributed by atoms with Crippen LogP contribution in [0.1, 0.15) is 0 Å². The molecular formula is C6H6BrIN2. The Balaban J connectivity index is 3.31. The summed E-state index contributed by atoms with van der Waals surface area (Å²) in [6.45, 7) is 0. The highest BCUT2D eigenvalue weighted by Crippen LogP contribution is 2.26. The third-order valence-electron chi connectivity index (χ3n) is 1.09. The first-order valence-electron chi connectivity index (χ1n) is 2.61. The van der Waals surface area contributed by atoms with Crippen LogP contribution in [0.2, 0.25) is 0 Å². The highest BCUT2D eigenvalue weighted by Gasteiger charge is 2.00. The minimum Gasteiger partial charge on any atom is -0.398 e. The van der Waals surface area contributed by atoms with Crippen molar-refractivity contribution in [2.24, 2.45) is 0 Å². The van der Waals surface area contributed by atoms with Crippen molar-refractivity contribution in [2.75, 3.05) is 11.5 Å². The van der Waals surface area contributed by atoms with Crippen molar-refractivity contribution in [3.8, 4) is 0 Å². The van der Waals surface area contributed by atoms with E-state index in [1.165, 1.54) is 0 Å². The fourth-order valence-corrected chi connectivity index (χ4v) is 1.44. The van der Waals surface area contributed by atoms with E-state index in [1.807, 2.05) is 12.1 Å². The fourth-order valence-electron chi connectivity index (χ4n) is 0.632. The molecule has 0 aliphatic carbocycles. The van der Waals surface area contributed by atoms with E-state index in [0.29, 0.717) is 11.4 Å². The molecule has 0 heterocycles. The van der Waals surface area contributed by atoms with E-state index < -0.39 is 0 Å². The van der Waals surface area contributed by atoms with Gasteiger partial charge < -0.3 is 11.5 Å². The van der Waals surface area contributed by atoms with Crippen molar-refractivity contribution in [1.82, 2.24) is 0 Å². The van der Waals surface area contributed by atoms with Crippen molar-refractivity contribution < 1.29 is 0 Å². The molecule has 0 unspecified atom stereocenters. The summed E-state index contributed by atoms with van der Waals surface area (Å²) in [5, 5.41) is 0. The highest BCUT2D eigenvalue weighted by molar-refractivity contribution is 14.1. The monoisotopic (exact) mass is 312 g/mol. The van der Waals surface area contributed by atoms with Crippen molar-refractivity contribution in [1.29, 1.82) is 0 Å². The lowest BCUT2D eigenvalue weighted by Crippen LogP contribution is -1.95. The molecular weight excluding hydrogens is 307 g/mol. The van der Waals surface area contributed by atoms with E-state index in [1.54, 1.807) is 0 Å². The van der Waals surface area contributed by atoms with Crippen LogP contribution in [0.15, 0.2) is 16.6 Å². The number of nitrogens with two attached hydrogens (primary N) is 2. The Bertz CT molecular complexity index is 239. The van der Waals surface area contributed by atoms with Gasteiger partial charge in [-0.05, 0) is 34.7 Å². The predicted molar refractivity (Wildman–Crippen MR) is 55.7 cm³/mol. The van der Waals surface area contributed by atoms with Gasteiger partial charge in [0, 0.05) is 15.8 Å². The topological polar surface area (TPSA) is 52.0 Å². The van der Waals surface area contributed by atoms with Crippen LogP contribution in [0.3, 0.4) is 0 Å². The lowest BCUT2D eigenvalue weighted by Gasteiger charge is -2.01. The average Bonchev–Trinajstić information content (AvgIpc) is 1.82. The Hall–Kier alpha value is 0.0300. The van der Waals surface area contributed by atoms with Gasteiger partial charge in [0.25, 0.3) is 0 Å². The van der Waals surface area contributed by atoms with E-state index in [2.05, 4.69) is 38.5 Å². The normalized spacial score (nSPS) is 9.80. The molecule has 0 amide bonds. The van der Waals surface area contributed by atoms with E-state index >= 15 is 0 Å². The van der Waals surface area contributed by atoms with Crippen molar-refractivity contribution >= 4 is 49.9 Å². The number of rotatable bonds is 0. The van der Waals surface area contributed by atoms with E-state index in [9.17, 15) is 0 Å². The van der Waals surface area contributed by atoms with Crippen LogP contribution in [0.4, 0.5) is 11.4 Å². The van der Waals surface area contributed by atoms with Crippen molar-refractivity contribution in [3.63, 3.8) is 0 Å². The zero-order valence-electron chi connectivity index (χ0n) is 5.07. The fraction of sp³-hybridized carbons (Fsp3) is 0. The van der Waals surface area contributed by atoms with Crippen LogP contribution in [0.5, 0.6) is 0 Å². The quantitative estimate of drug-likeness (QED) is 0.570. The molecule has 0 aliphatic rings. The molecule has 0 saturated heterocycles. The molecule has 10 heavy (non-hydrogen) atoms. The van der Waals surface area contributed by atoms with Crippen LogP contribution < -0.4 is 11.5 Å². The zero-order valence-corrected chi connectivity index (χ0v) is 8.81. The first-order chi connectivity index (χ1) is 4.61. The molecule has 4 N–H and O–H groups in total. The molecule has 0 aliphatic heterocycles. The summed E-state index contributed by atoms with van der Waals surface area (Å²) in [6, 6.07) is 3.66. The number of hydrogen-bond acceptors (Lipinski definition) is 2. The standard InChI is InChI=1S/C6H6BrIN2/c7-3-1-4(9)6(8)5(10)2-3/h1-2H,9-10H2. The summed E-state index contributed by atoms with van der Waals surface area (Å²) < 4.78 is 1.84. The Morgan fingerprint density at radius 2 is 1.60 bits per heavy atom. The van der Waals surface area contributed by atoms with Gasteiger partial charge in [-0.3, -0.25) is 0 Å². The second-order valence-corrected chi connectivity index (χ2v) is 3.89. The molecule has 4 heteroatoms. The number of nitrogen functional groups attached to an aromatic ring is 2. The Labute approximate surface area is 81.2 Å². The lowest BCUT2D eigenvalue weighted by atomic mass is 10.3. The smallest absolute Gasteiger partial charge is 0.0590 e. The van der Waals surface area contributed by atoms with E-state index in [4.69, 9.17) is 11.5 Å². The molecule has 0 saturated carbocycles. The predicted octanol–water partition coefficient (Wildman–Crippen LogP) is 2.22. The van der Waals surface area contributed by atoms with Crippen molar-refractivity contribution in [3.05, 3.63) is 20.2 Å². The second-order valence-electron chi connectivity index (χ2n) is 1.90. The molecule has 0 spiro atoms. The first kappa shape index (κ1) is 8.13. The molecule has 0 atom stereocenters. The lowest BCUT2D eigenvalue weighted by molar-refractivity contribution is 1.58. The van der Waals surface area contributed by atoms with Gasteiger partial charge in [-0.1, -0.05) is 15.9 Å². The summed E-state index contributed by atoms with van der Waals surface area (Å²) in [6.07, 6.45) is 0. The zero-order chi connectivity index (χ0) is 7.72. The molecule has 1 rings (SSSR count). The maximum absolute atomic E-state index is 5.60. The third kappa shape index (κ3) is 1.54. The van der Waals surface area contributed by atoms with Gasteiger partial charge in [0.1, 0.15) is 0 Å². The molecule has 0 bridgehead atoms. The van der Waals surface area contributed by atoms with Crippen LogP contribution in [-0.2, 0) is 0 Å². The van der Waals surface area contributed by atoms with Gasteiger partial charge in [0.05, 0.1) is 3.57 Å². The molecule has 0 aromatic heterocycles. The summed E-state index contributed by atoms with van der Waals surface area (Å²) in [5.74, 6) is 0. The van der Waals surface area contributed by atoms with Gasteiger partial charge in [0.15, 0.2) is 0 Å². The van der Waals surface area contributed by atoms with Crippen LogP contribution in [0, 0.1) is 3.57 Å². The van der Waals surface area contributed by atoms with Crippen LogP contribution >= 0.6 is 38.5 Å². The van der Waals surface area contributed by atoms with Gasteiger partial charge in [-0.2, -0.15) is 0 Å².